The molecule has 26 heavy (non-hydrogen) atoms. The van der Waals surface area contributed by atoms with Crippen molar-refractivity contribution in [3.05, 3.63) is 65.2 Å². The first kappa shape index (κ1) is 19.0. The van der Waals surface area contributed by atoms with Crippen LogP contribution in [0.3, 0.4) is 0 Å². The summed E-state index contributed by atoms with van der Waals surface area (Å²) in [6.07, 6.45) is 0.893. The van der Waals surface area contributed by atoms with Crippen molar-refractivity contribution >= 4 is 10.0 Å². The van der Waals surface area contributed by atoms with Crippen LogP contribution in [0.1, 0.15) is 23.6 Å². The highest BCUT2D eigenvalue weighted by Crippen LogP contribution is 2.13. The van der Waals surface area contributed by atoms with Gasteiger partial charge >= 0.3 is 0 Å². The number of nitrogens with zero attached hydrogens (tertiary/aromatic N) is 1. The van der Waals surface area contributed by atoms with E-state index >= 15 is 0 Å². The lowest BCUT2D eigenvalue weighted by Gasteiger charge is -2.26. The van der Waals surface area contributed by atoms with Crippen molar-refractivity contribution in [3.63, 3.8) is 0 Å². The van der Waals surface area contributed by atoms with E-state index in [9.17, 15) is 8.42 Å². The Kier molecular flexibility index (Phi) is 6.43. The Bertz CT molecular complexity index is 796. The van der Waals surface area contributed by atoms with E-state index in [2.05, 4.69) is 21.8 Å². The van der Waals surface area contributed by atoms with Crippen LogP contribution in [0.15, 0.2) is 53.4 Å². The van der Waals surface area contributed by atoms with Crippen LogP contribution in [0.4, 0.5) is 0 Å². The van der Waals surface area contributed by atoms with Crippen LogP contribution in [-0.2, 0) is 34.3 Å². The molecule has 0 aromatic heterocycles. The fraction of sp³-hybridized carbons (Fsp3) is 0.400. The molecule has 140 valence electrons. The Morgan fingerprint density at radius 3 is 2.12 bits per heavy atom. The van der Waals surface area contributed by atoms with Gasteiger partial charge in [-0.2, -0.15) is 0 Å². The number of morpholine rings is 1. The number of sulfonamides is 1. The molecule has 1 aliphatic rings. The van der Waals surface area contributed by atoms with Gasteiger partial charge in [-0.05, 0) is 35.2 Å². The third-order valence-electron chi connectivity index (χ3n) is 4.64. The molecule has 0 saturated carbocycles. The fourth-order valence-electron chi connectivity index (χ4n) is 2.95. The number of nitrogens with one attached hydrogen (secondary N) is 1. The predicted octanol–water partition coefficient (Wildman–Crippen LogP) is 2.56. The molecule has 1 aliphatic heterocycles. The molecule has 5 nitrogen and oxygen atoms in total. The lowest BCUT2D eigenvalue weighted by Crippen LogP contribution is -2.35. The van der Waals surface area contributed by atoms with Crippen LogP contribution in [0, 0.1) is 0 Å². The number of ether oxygens (including phenoxy) is 1. The maximum atomic E-state index is 12.4. The molecular formula is C20H26N2O3S. The van der Waals surface area contributed by atoms with Gasteiger partial charge in [0.05, 0.1) is 18.1 Å². The van der Waals surface area contributed by atoms with E-state index in [4.69, 9.17) is 4.74 Å². The fourth-order valence-corrected chi connectivity index (χ4v) is 3.96. The second-order valence-electron chi connectivity index (χ2n) is 6.53. The number of rotatable bonds is 7. The van der Waals surface area contributed by atoms with Gasteiger partial charge in [-0.25, -0.2) is 13.1 Å². The summed E-state index contributed by atoms with van der Waals surface area (Å²) in [5, 5.41) is 0. The quantitative estimate of drug-likeness (QED) is 0.809. The molecule has 2 aromatic carbocycles. The zero-order valence-electron chi connectivity index (χ0n) is 15.1. The summed E-state index contributed by atoms with van der Waals surface area (Å²) < 4.78 is 32.8. The molecule has 1 N–H and O–H groups in total. The van der Waals surface area contributed by atoms with Crippen molar-refractivity contribution in [1.29, 1.82) is 0 Å². The largest absolute Gasteiger partial charge is 0.379 e. The van der Waals surface area contributed by atoms with Crippen LogP contribution in [-0.4, -0.2) is 39.6 Å². The molecule has 0 bridgehead atoms. The van der Waals surface area contributed by atoms with E-state index in [1.807, 2.05) is 31.2 Å². The zero-order valence-corrected chi connectivity index (χ0v) is 16.0. The molecule has 0 spiro atoms. The molecule has 2 aromatic rings. The highest BCUT2D eigenvalue weighted by atomic mass is 32.2. The zero-order chi connectivity index (χ0) is 18.4. The van der Waals surface area contributed by atoms with E-state index in [1.54, 1.807) is 12.1 Å². The molecule has 1 fully saturated rings. The van der Waals surface area contributed by atoms with Crippen molar-refractivity contribution in [2.45, 2.75) is 31.3 Å². The van der Waals surface area contributed by atoms with E-state index in [0.29, 0.717) is 4.90 Å². The molecule has 0 aliphatic carbocycles. The van der Waals surface area contributed by atoms with Gasteiger partial charge in [-0.3, -0.25) is 4.90 Å². The highest BCUT2D eigenvalue weighted by Gasteiger charge is 2.14. The smallest absolute Gasteiger partial charge is 0.240 e. The summed E-state index contributed by atoms with van der Waals surface area (Å²) in [5.41, 5.74) is 3.30. The van der Waals surface area contributed by atoms with Crippen molar-refractivity contribution < 1.29 is 13.2 Å². The maximum absolute atomic E-state index is 12.4. The third-order valence-corrected chi connectivity index (χ3v) is 6.06. The van der Waals surface area contributed by atoms with Gasteiger partial charge < -0.3 is 4.74 Å². The predicted molar refractivity (Wildman–Crippen MR) is 102 cm³/mol. The molecule has 1 heterocycles. The first-order valence-electron chi connectivity index (χ1n) is 9.03. The van der Waals surface area contributed by atoms with Gasteiger partial charge in [-0.15, -0.1) is 0 Å². The Balaban J connectivity index is 1.56. The monoisotopic (exact) mass is 374 g/mol. The number of aryl methyl sites for hydroxylation is 1. The SMILES string of the molecule is CCc1ccc(S(=O)(=O)NCc2ccc(CN3CCOCC3)cc2)cc1. The Morgan fingerprint density at radius 1 is 0.923 bits per heavy atom. The maximum Gasteiger partial charge on any atom is 0.240 e. The average Bonchev–Trinajstić information content (AvgIpc) is 2.68. The van der Waals surface area contributed by atoms with Crippen LogP contribution in [0.25, 0.3) is 0 Å². The molecule has 1 saturated heterocycles. The minimum Gasteiger partial charge on any atom is -0.379 e. The summed E-state index contributed by atoms with van der Waals surface area (Å²) in [6, 6.07) is 15.1. The molecule has 0 radical (unpaired) electrons. The third kappa shape index (κ3) is 5.14. The molecule has 0 amide bonds. The summed E-state index contributed by atoms with van der Waals surface area (Å²) in [7, 11) is -3.49. The molecule has 0 atom stereocenters. The molecule has 3 rings (SSSR count). The van der Waals surface area contributed by atoms with Gasteiger partial charge in [0.1, 0.15) is 0 Å². The molecule has 6 heteroatoms. The van der Waals surface area contributed by atoms with E-state index in [0.717, 1.165) is 50.4 Å². The molecular weight excluding hydrogens is 348 g/mol. The van der Waals surface area contributed by atoms with Gasteiger partial charge in [-0.1, -0.05) is 43.3 Å². The van der Waals surface area contributed by atoms with Crippen molar-refractivity contribution in [1.82, 2.24) is 9.62 Å². The Hall–Kier alpha value is -1.73. The lowest BCUT2D eigenvalue weighted by molar-refractivity contribution is 0.0342. The Labute approximate surface area is 156 Å². The van der Waals surface area contributed by atoms with Crippen LogP contribution >= 0.6 is 0 Å². The summed E-state index contributed by atoms with van der Waals surface area (Å²) in [4.78, 5) is 2.67. The average molecular weight is 375 g/mol. The van der Waals surface area contributed by atoms with E-state index in [-0.39, 0.29) is 6.54 Å². The minimum absolute atomic E-state index is 0.287. The normalized spacial score (nSPS) is 15.9. The van der Waals surface area contributed by atoms with E-state index in [1.165, 1.54) is 5.56 Å². The molecule has 0 unspecified atom stereocenters. The van der Waals surface area contributed by atoms with E-state index < -0.39 is 10.0 Å². The van der Waals surface area contributed by atoms with Crippen LogP contribution < -0.4 is 4.72 Å². The lowest BCUT2D eigenvalue weighted by atomic mass is 10.1. The van der Waals surface area contributed by atoms with Gasteiger partial charge in [0, 0.05) is 26.2 Å². The first-order valence-corrected chi connectivity index (χ1v) is 10.5. The van der Waals surface area contributed by atoms with Crippen LogP contribution in [0.5, 0.6) is 0 Å². The van der Waals surface area contributed by atoms with Crippen molar-refractivity contribution in [2.24, 2.45) is 0 Å². The number of hydrogen-bond acceptors (Lipinski definition) is 4. The van der Waals surface area contributed by atoms with Gasteiger partial charge in [0.15, 0.2) is 0 Å². The van der Waals surface area contributed by atoms with Crippen LogP contribution in [0.2, 0.25) is 0 Å². The standard InChI is InChI=1S/C20H26N2O3S/c1-2-17-7-9-20(10-8-17)26(23,24)21-15-18-3-5-19(6-4-18)16-22-11-13-25-14-12-22/h3-10,21H,2,11-16H2,1H3. The summed E-state index contributed by atoms with van der Waals surface area (Å²) in [6.45, 7) is 6.73. The summed E-state index contributed by atoms with van der Waals surface area (Å²) in [5.74, 6) is 0. The Morgan fingerprint density at radius 2 is 1.50 bits per heavy atom. The number of hydrogen-bond donors (Lipinski definition) is 1. The second kappa shape index (κ2) is 8.77. The van der Waals surface area contributed by atoms with Gasteiger partial charge in [0.2, 0.25) is 10.0 Å². The van der Waals surface area contributed by atoms with Crippen molar-refractivity contribution in [3.8, 4) is 0 Å². The first-order chi connectivity index (χ1) is 12.6. The van der Waals surface area contributed by atoms with Gasteiger partial charge in [0.25, 0.3) is 0 Å². The van der Waals surface area contributed by atoms with Crippen molar-refractivity contribution in [2.75, 3.05) is 26.3 Å². The topological polar surface area (TPSA) is 58.6 Å². The second-order valence-corrected chi connectivity index (χ2v) is 8.29. The minimum atomic E-state index is -3.49. The summed E-state index contributed by atoms with van der Waals surface area (Å²) >= 11 is 0. The number of benzene rings is 2. The highest BCUT2D eigenvalue weighted by molar-refractivity contribution is 7.89.